The quantitative estimate of drug-likeness (QED) is 0.387. The van der Waals surface area contributed by atoms with Gasteiger partial charge in [-0.15, -0.1) is 0 Å². The van der Waals surface area contributed by atoms with Gasteiger partial charge in [0.25, 0.3) is 0 Å². The van der Waals surface area contributed by atoms with Crippen LogP contribution in [-0.2, 0) is 32.9 Å². The third-order valence-corrected chi connectivity index (χ3v) is 14.4. The molecule has 10 atom stereocenters. The van der Waals surface area contributed by atoms with Crippen LogP contribution in [0.1, 0.15) is 86.0 Å². The molecule has 37 heavy (non-hydrogen) atoms. The number of fused-ring (bicyclic) bond motifs is 3. The van der Waals surface area contributed by atoms with Gasteiger partial charge in [0.15, 0.2) is 14.6 Å². The van der Waals surface area contributed by atoms with Crippen LogP contribution >= 0.6 is 0 Å². The zero-order chi connectivity index (χ0) is 27.2. The Balaban J connectivity index is 1.55. The number of hydrogen-bond donors (Lipinski definition) is 1. The van der Waals surface area contributed by atoms with Crippen molar-refractivity contribution in [2.24, 2.45) is 0 Å². The van der Waals surface area contributed by atoms with Gasteiger partial charge in [-0.2, -0.15) is 0 Å². The second-order valence-electron chi connectivity index (χ2n) is 13.6. The molecule has 4 saturated heterocycles. The van der Waals surface area contributed by atoms with Crippen molar-refractivity contribution in [1.29, 1.82) is 0 Å². The molecule has 0 amide bonds. The van der Waals surface area contributed by atoms with Crippen LogP contribution in [0.25, 0.3) is 0 Å². The summed E-state index contributed by atoms with van der Waals surface area (Å²) in [4.78, 5) is 11.4. The molecule has 0 saturated carbocycles. The van der Waals surface area contributed by atoms with Crippen molar-refractivity contribution in [3.8, 4) is 0 Å². The molecule has 0 aliphatic carbocycles. The first kappa shape index (κ1) is 29.6. The minimum Gasteiger partial charge on any atom is -0.409 e. The van der Waals surface area contributed by atoms with Crippen LogP contribution in [0, 0.1) is 0 Å². The fraction of sp³-hybridized carbons (Fsp3) is 0.964. The summed E-state index contributed by atoms with van der Waals surface area (Å²) in [5.41, 5.74) is -1.01. The number of aliphatic hydroxyl groups is 1. The van der Waals surface area contributed by atoms with Crippen molar-refractivity contribution in [2.75, 3.05) is 7.11 Å². The lowest BCUT2D eigenvalue weighted by molar-refractivity contribution is -0.318. The number of aliphatic hydroxyl groups excluding tert-OH is 1. The Kier molecular flexibility index (Phi) is 8.70. The molecule has 1 unspecified atom stereocenters. The highest BCUT2D eigenvalue weighted by atomic mass is 28.4. The Morgan fingerprint density at radius 3 is 2.35 bits per heavy atom. The lowest BCUT2D eigenvalue weighted by atomic mass is 9.82. The van der Waals surface area contributed by atoms with E-state index >= 15 is 0 Å². The molecule has 9 heteroatoms. The van der Waals surface area contributed by atoms with Crippen LogP contribution in [-0.4, -0.2) is 87.0 Å². The molecule has 4 fully saturated rings. The first-order valence-corrected chi connectivity index (χ1v) is 17.1. The van der Waals surface area contributed by atoms with Crippen molar-refractivity contribution >= 4 is 14.6 Å². The molecule has 0 aromatic carbocycles. The number of carbonyl (C=O) groups is 1. The zero-order valence-electron chi connectivity index (χ0n) is 24.2. The molecular formula is C28H50O8Si. The van der Waals surface area contributed by atoms with Crippen molar-refractivity contribution in [3.05, 3.63) is 0 Å². The lowest BCUT2D eigenvalue weighted by Crippen LogP contribution is -2.62. The summed E-state index contributed by atoms with van der Waals surface area (Å²) in [7, 11) is -0.482. The highest BCUT2D eigenvalue weighted by molar-refractivity contribution is 6.74. The van der Waals surface area contributed by atoms with Gasteiger partial charge >= 0.3 is 0 Å². The molecule has 0 aromatic heterocycles. The van der Waals surface area contributed by atoms with Crippen molar-refractivity contribution < 1.29 is 38.0 Å². The summed E-state index contributed by atoms with van der Waals surface area (Å²) < 4.78 is 38.8. The minimum atomic E-state index is -2.08. The number of hydrogen-bond acceptors (Lipinski definition) is 8. The van der Waals surface area contributed by atoms with Gasteiger partial charge in [-0.05, 0) is 64.1 Å². The predicted molar refractivity (Wildman–Crippen MR) is 142 cm³/mol. The number of rotatable bonds is 6. The Bertz CT molecular complexity index is 802. The molecule has 0 spiro atoms. The van der Waals surface area contributed by atoms with E-state index in [4.69, 9.17) is 28.1 Å². The van der Waals surface area contributed by atoms with E-state index in [1.165, 1.54) is 0 Å². The van der Waals surface area contributed by atoms with Gasteiger partial charge in [0.1, 0.15) is 12.4 Å². The maximum absolute atomic E-state index is 11.4. The summed E-state index contributed by atoms with van der Waals surface area (Å²) in [6, 6.07) is 0. The fourth-order valence-electron chi connectivity index (χ4n) is 6.38. The van der Waals surface area contributed by atoms with Gasteiger partial charge in [-0.1, -0.05) is 20.8 Å². The summed E-state index contributed by atoms with van der Waals surface area (Å²) >= 11 is 0. The molecule has 4 rings (SSSR count). The van der Waals surface area contributed by atoms with Crippen molar-refractivity contribution in [1.82, 2.24) is 0 Å². The van der Waals surface area contributed by atoms with E-state index in [1.807, 2.05) is 0 Å². The molecule has 1 N–H and O–H groups in total. The van der Waals surface area contributed by atoms with E-state index in [0.29, 0.717) is 25.7 Å². The summed E-state index contributed by atoms with van der Waals surface area (Å²) in [6.07, 6.45) is 4.01. The molecule has 8 nitrogen and oxygen atoms in total. The SMILES string of the molecule is COC1C[C@H](O)[C@@H]2O[C@]3(C)CC[C@@H]4O[C@H](CCC=O)[C@@](C)(O[Si](C)(C)C(C)(C)C)CC[C@H]4O[C@H]3C[C@H]2O1. The van der Waals surface area contributed by atoms with Crippen LogP contribution in [0.2, 0.25) is 18.1 Å². The number of carbonyl (C=O) groups excluding carboxylic acids is 1. The maximum atomic E-state index is 11.4. The van der Waals surface area contributed by atoms with Crippen molar-refractivity contribution in [2.45, 2.75) is 164 Å². The largest absolute Gasteiger partial charge is 0.409 e. The summed E-state index contributed by atoms with van der Waals surface area (Å²) in [5.74, 6) is 0. The molecule has 4 aliphatic heterocycles. The average Bonchev–Trinajstić information content (AvgIpc) is 3.01. The van der Waals surface area contributed by atoms with Crippen LogP contribution in [0.3, 0.4) is 0 Å². The normalized spacial score (nSPS) is 45.1. The van der Waals surface area contributed by atoms with E-state index in [9.17, 15) is 9.90 Å². The second kappa shape index (κ2) is 10.9. The van der Waals surface area contributed by atoms with Gasteiger partial charge in [-0.25, -0.2) is 0 Å². The Morgan fingerprint density at radius 1 is 1.03 bits per heavy atom. The third-order valence-electron chi connectivity index (χ3n) is 9.77. The van der Waals surface area contributed by atoms with Crippen LogP contribution in [0.4, 0.5) is 0 Å². The van der Waals surface area contributed by atoms with Crippen LogP contribution in [0.15, 0.2) is 0 Å². The fourth-order valence-corrected chi connectivity index (χ4v) is 8.09. The molecule has 214 valence electrons. The first-order chi connectivity index (χ1) is 17.2. The van der Waals surface area contributed by atoms with Crippen LogP contribution < -0.4 is 0 Å². The van der Waals surface area contributed by atoms with Crippen molar-refractivity contribution in [3.63, 3.8) is 0 Å². The Hall–Kier alpha value is -0.393. The van der Waals surface area contributed by atoms with Gasteiger partial charge in [0.2, 0.25) is 0 Å². The summed E-state index contributed by atoms with van der Waals surface area (Å²) in [6.45, 7) is 15.6. The standard InChI is InChI=1S/C28H50O8Si/c1-26(2,3)37(7,8)36-28(5)14-12-20-19(32-22(28)10-9-15-29)11-13-27(4)23(33-20)17-21-25(35-27)18(30)16-24(31-6)34-21/h15,18-25,30H,9-14,16-17H2,1-8H3/t18-,19-,20+,21+,22+,23-,24?,25-,27+,28-/m0/s1. The van der Waals surface area contributed by atoms with Gasteiger partial charge in [0.05, 0.1) is 47.8 Å². The minimum absolute atomic E-state index is 0.0701. The van der Waals surface area contributed by atoms with Gasteiger partial charge in [-0.3, -0.25) is 0 Å². The number of ether oxygens (including phenoxy) is 5. The molecule has 0 aromatic rings. The highest BCUT2D eigenvalue weighted by Crippen LogP contribution is 2.48. The van der Waals surface area contributed by atoms with Gasteiger partial charge in [0, 0.05) is 26.4 Å². The number of aldehydes is 1. The molecule has 0 radical (unpaired) electrons. The van der Waals surface area contributed by atoms with E-state index < -0.39 is 31.9 Å². The average molecular weight is 543 g/mol. The smallest absolute Gasteiger partial charge is 0.192 e. The first-order valence-electron chi connectivity index (χ1n) is 14.2. The predicted octanol–water partition coefficient (Wildman–Crippen LogP) is 4.51. The maximum Gasteiger partial charge on any atom is 0.192 e. The third kappa shape index (κ3) is 6.04. The van der Waals surface area contributed by atoms with E-state index in [-0.39, 0.29) is 41.7 Å². The lowest BCUT2D eigenvalue weighted by Gasteiger charge is -2.51. The second-order valence-corrected chi connectivity index (χ2v) is 18.3. The molecule has 4 heterocycles. The Labute approximate surface area is 224 Å². The molecule has 4 aliphatic rings. The van der Waals surface area contributed by atoms with E-state index in [0.717, 1.165) is 32.0 Å². The molecular weight excluding hydrogens is 492 g/mol. The van der Waals surface area contributed by atoms with E-state index in [2.05, 4.69) is 47.7 Å². The highest BCUT2D eigenvalue weighted by Gasteiger charge is 2.56. The Morgan fingerprint density at radius 2 is 1.70 bits per heavy atom. The molecule has 0 bridgehead atoms. The summed E-state index contributed by atoms with van der Waals surface area (Å²) in [5, 5.41) is 10.8. The topological polar surface area (TPSA) is 92.7 Å². The van der Waals surface area contributed by atoms with Crippen LogP contribution in [0.5, 0.6) is 0 Å². The number of methoxy groups -OCH3 is 1. The van der Waals surface area contributed by atoms with E-state index in [1.54, 1.807) is 7.11 Å². The van der Waals surface area contributed by atoms with Gasteiger partial charge < -0.3 is 38.0 Å². The monoisotopic (exact) mass is 542 g/mol. The zero-order valence-corrected chi connectivity index (χ0v) is 25.2.